The molecule has 2 aromatic rings. The van der Waals surface area contributed by atoms with Crippen molar-refractivity contribution in [2.24, 2.45) is 0 Å². The molecule has 0 atom stereocenters. The number of carbonyl (C=O) groups is 1. The molecule has 0 fully saturated rings. The molecule has 0 amide bonds. The van der Waals surface area contributed by atoms with Crippen LogP contribution in [0.1, 0.15) is 21.7 Å². The van der Waals surface area contributed by atoms with Crippen LogP contribution in [0, 0.1) is 5.82 Å². The molecular formula is C11H6ClF4N3O2. The van der Waals surface area contributed by atoms with Gasteiger partial charge in [0.1, 0.15) is 5.82 Å². The van der Waals surface area contributed by atoms with Crippen LogP contribution in [0.4, 0.5) is 17.6 Å². The zero-order valence-corrected chi connectivity index (χ0v) is 10.8. The van der Waals surface area contributed by atoms with E-state index >= 15 is 0 Å². The third-order valence-corrected chi connectivity index (χ3v) is 2.93. The number of rotatable bonds is 3. The fraction of sp³-hybridized carbons (Fsp3) is 0.182. The normalized spacial score (nSPS) is 11.7. The maximum atomic E-state index is 13.6. The maximum absolute atomic E-state index is 13.6. The van der Waals surface area contributed by atoms with Gasteiger partial charge in [-0.1, -0.05) is 22.9 Å². The standard InChI is InChI=1S/C11H6ClF4N3O2/c12-6-2-1-3-7(13)5(6)4-19-9(11(14,15)16)8(10(20)21)17-18-19/h1-3H,4H2,(H,20,21). The monoisotopic (exact) mass is 323 g/mol. The van der Waals surface area contributed by atoms with Crippen molar-refractivity contribution < 1.29 is 27.5 Å². The lowest BCUT2D eigenvalue weighted by molar-refractivity contribution is -0.144. The molecule has 21 heavy (non-hydrogen) atoms. The number of hydrogen-bond acceptors (Lipinski definition) is 3. The van der Waals surface area contributed by atoms with Crippen molar-refractivity contribution in [3.05, 3.63) is 46.0 Å². The lowest BCUT2D eigenvalue weighted by Crippen LogP contribution is -2.19. The second-order valence-electron chi connectivity index (χ2n) is 3.95. The summed E-state index contributed by atoms with van der Waals surface area (Å²) in [6, 6.07) is 3.60. The Morgan fingerprint density at radius 2 is 2.05 bits per heavy atom. The lowest BCUT2D eigenvalue weighted by atomic mass is 10.2. The number of hydrogen-bond donors (Lipinski definition) is 1. The quantitative estimate of drug-likeness (QED) is 0.882. The molecule has 112 valence electrons. The molecule has 0 spiro atoms. The molecule has 5 nitrogen and oxygen atoms in total. The number of nitrogens with zero attached hydrogens (tertiary/aromatic N) is 3. The van der Waals surface area contributed by atoms with Gasteiger partial charge in [-0.25, -0.2) is 13.9 Å². The molecular weight excluding hydrogens is 318 g/mol. The van der Waals surface area contributed by atoms with Crippen molar-refractivity contribution in [1.82, 2.24) is 15.0 Å². The first-order chi connectivity index (χ1) is 9.71. The number of halogens is 5. The molecule has 0 aliphatic carbocycles. The van der Waals surface area contributed by atoms with Crippen LogP contribution in [0.5, 0.6) is 0 Å². The maximum Gasteiger partial charge on any atom is 0.435 e. The van der Waals surface area contributed by atoms with Gasteiger partial charge >= 0.3 is 12.1 Å². The topological polar surface area (TPSA) is 68.0 Å². The Hall–Kier alpha value is -2.16. The summed E-state index contributed by atoms with van der Waals surface area (Å²) in [6.45, 7) is -0.694. The highest BCUT2D eigenvalue weighted by molar-refractivity contribution is 6.31. The minimum atomic E-state index is -5.01. The molecule has 0 unspecified atom stereocenters. The Morgan fingerprint density at radius 3 is 2.57 bits per heavy atom. The number of aromatic nitrogens is 3. The first-order valence-electron chi connectivity index (χ1n) is 5.38. The first-order valence-corrected chi connectivity index (χ1v) is 5.76. The van der Waals surface area contributed by atoms with E-state index in [0.717, 1.165) is 6.07 Å². The van der Waals surface area contributed by atoms with E-state index in [1.165, 1.54) is 12.1 Å². The predicted octanol–water partition coefficient (Wildman–Crippen LogP) is 2.84. The van der Waals surface area contributed by atoms with Gasteiger partial charge in [-0.3, -0.25) is 0 Å². The van der Waals surface area contributed by atoms with Crippen molar-refractivity contribution in [1.29, 1.82) is 0 Å². The van der Waals surface area contributed by atoms with Gasteiger partial charge in [0.15, 0.2) is 5.69 Å². The summed E-state index contributed by atoms with van der Waals surface area (Å²) in [7, 11) is 0. The number of carboxylic acid groups (broad SMARTS) is 1. The molecule has 0 bridgehead atoms. The summed E-state index contributed by atoms with van der Waals surface area (Å²) in [5.41, 5.74) is -3.07. The van der Waals surface area contributed by atoms with Crippen LogP contribution in [-0.2, 0) is 12.7 Å². The SMILES string of the molecule is O=C(O)c1nnn(Cc2c(F)cccc2Cl)c1C(F)(F)F. The fourth-order valence-electron chi connectivity index (χ4n) is 1.68. The largest absolute Gasteiger partial charge is 0.476 e. The Bertz CT molecular complexity index is 679. The van der Waals surface area contributed by atoms with Crippen molar-refractivity contribution in [3.63, 3.8) is 0 Å². The highest BCUT2D eigenvalue weighted by atomic mass is 35.5. The van der Waals surface area contributed by atoms with Crippen LogP contribution in [0.15, 0.2) is 18.2 Å². The van der Waals surface area contributed by atoms with Gasteiger partial charge in [0.25, 0.3) is 0 Å². The van der Waals surface area contributed by atoms with Crippen LogP contribution in [0.25, 0.3) is 0 Å². The number of aromatic carboxylic acids is 1. The zero-order chi connectivity index (χ0) is 15.8. The molecule has 0 aliphatic heterocycles. The van der Waals surface area contributed by atoms with Gasteiger partial charge in [-0.05, 0) is 12.1 Å². The highest BCUT2D eigenvalue weighted by Crippen LogP contribution is 2.32. The summed E-state index contributed by atoms with van der Waals surface area (Å²) in [4.78, 5) is 10.8. The predicted molar refractivity (Wildman–Crippen MR) is 62.5 cm³/mol. The molecule has 0 radical (unpaired) electrons. The van der Waals surface area contributed by atoms with E-state index in [1.54, 1.807) is 0 Å². The Kier molecular flexibility index (Phi) is 3.86. The van der Waals surface area contributed by atoms with E-state index in [2.05, 4.69) is 10.3 Å². The third-order valence-electron chi connectivity index (χ3n) is 2.58. The van der Waals surface area contributed by atoms with E-state index in [4.69, 9.17) is 16.7 Å². The second kappa shape index (κ2) is 5.32. The van der Waals surface area contributed by atoms with Gasteiger partial charge < -0.3 is 5.11 Å². The smallest absolute Gasteiger partial charge is 0.435 e. The Morgan fingerprint density at radius 1 is 1.38 bits per heavy atom. The molecule has 0 aliphatic rings. The summed E-state index contributed by atoms with van der Waals surface area (Å²) < 4.78 is 52.6. The van der Waals surface area contributed by atoms with E-state index in [1.807, 2.05) is 0 Å². The number of alkyl halides is 3. The van der Waals surface area contributed by atoms with E-state index in [-0.39, 0.29) is 15.3 Å². The molecule has 1 heterocycles. The first kappa shape index (κ1) is 15.2. The summed E-state index contributed by atoms with van der Waals surface area (Å²) >= 11 is 5.72. The van der Waals surface area contributed by atoms with Gasteiger partial charge in [-0.2, -0.15) is 13.2 Å². The van der Waals surface area contributed by atoms with Gasteiger partial charge in [-0.15, -0.1) is 5.10 Å². The van der Waals surface area contributed by atoms with Crippen molar-refractivity contribution in [3.8, 4) is 0 Å². The molecule has 10 heteroatoms. The van der Waals surface area contributed by atoms with Crippen LogP contribution < -0.4 is 0 Å². The Balaban J connectivity index is 2.53. The van der Waals surface area contributed by atoms with Crippen molar-refractivity contribution >= 4 is 17.6 Å². The van der Waals surface area contributed by atoms with Crippen LogP contribution in [-0.4, -0.2) is 26.1 Å². The van der Waals surface area contributed by atoms with Gasteiger partial charge in [0.05, 0.1) is 6.54 Å². The number of carboxylic acids is 1. The van der Waals surface area contributed by atoms with Crippen molar-refractivity contribution in [2.45, 2.75) is 12.7 Å². The summed E-state index contributed by atoms with van der Waals surface area (Å²) in [5.74, 6) is -2.71. The minimum absolute atomic E-state index is 0.101. The van der Waals surface area contributed by atoms with Gasteiger partial charge in [0.2, 0.25) is 5.69 Å². The highest BCUT2D eigenvalue weighted by Gasteiger charge is 2.41. The van der Waals surface area contributed by atoms with E-state index in [9.17, 15) is 22.4 Å². The Labute approximate surface area is 119 Å². The van der Waals surface area contributed by atoms with E-state index in [0.29, 0.717) is 0 Å². The summed E-state index contributed by atoms with van der Waals surface area (Å²) in [5, 5.41) is 14.7. The minimum Gasteiger partial charge on any atom is -0.476 e. The van der Waals surface area contributed by atoms with Crippen molar-refractivity contribution in [2.75, 3.05) is 0 Å². The fourth-order valence-corrected chi connectivity index (χ4v) is 1.90. The third kappa shape index (κ3) is 2.97. The molecule has 1 aromatic carbocycles. The van der Waals surface area contributed by atoms with E-state index < -0.39 is 35.9 Å². The second-order valence-corrected chi connectivity index (χ2v) is 4.35. The molecule has 1 N–H and O–H groups in total. The molecule has 0 saturated heterocycles. The molecule has 1 aromatic heterocycles. The number of benzene rings is 1. The molecule has 0 saturated carbocycles. The van der Waals surface area contributed by atoms with Crippen LogP contribution >= 0.6 is 11.6 Å². The zero-order valence-electron chi connectivity index (χ0n) is 10.0. The molecule has 2 rings (SSSR count). The van der Waals surface area contributed by atoms with Gasteiger partial charge in [0, 0.05) is 10.6 Å². The average Bonchev–Trinajstić information content (AvgIpc) is 2.77. The summed E-state index contributed by atoms with van der Waals surface area (Å²) in [6.07, 6.45) is -5.01. The average molecular weight is 324 g/mol. The van der Waals surface area contributed by atoms with Crippen LogP contribution in [0.3, 0.4) is 0 Å². The van der Waals surface area contributed by atoms with Crippen LogP contribution in [0.2, 0.25) is 5.02 Å². The lowest BCUT2D eigenvalue weighted by Gasteiger charge is -2.11.